The fourth-order valence-electron chi connectivity index (χ4n) is 2.93. The molecule has 7 heteroatoms. The standard InChI is InChI=1S/C19H31N3O3.HI/c1-5-20-18(22-14-19(24-4)8-10-25-11-9-19)21-13-16-7-6-15(2)12-17(16)23-3;/h6-7,12H,5,8-11,13-14H2,1-4H3,(H2,20,21,22);1H. The second-order valence-corrected chi connectivity index (χ2v) is 6.36. The van der Waals surface area contributed by atoms with Gasteiger partial charge in [0.05, 0.1) is 19.3 Å². The average Bonchev–Trinajstić information content (AvgIpc) is 2.65. The number of hydrogen-bond acceptors (Lipinski definition) is 4. The molecule has 2 rings (SSSR count). The SMILES string of the molecule is CCNC(=NCc1ccc(C)cc1OC)NCC1(OC)CCOCC1.I. The normalized spacial score (nSPS) is 16.5. The van der Waals surface area contributed by atoms with Gasteiger partial charge in [0.1, 0.15) is 5.75 Å². The largest absolute Gasteiger partial charge is 0.496 e. The van der Waals surface area contributed by atoms with Crippen molar-refractivity contribution in [2.24, 2.45) is 4.99 Å². The van der Waals surface area contributed by atoms with Crippen molar-refractivity contribution in [1.82, 2.24) is 10.6 Å². The molecule has 1 heterocycles. The smallest absolute Gasteiger partial charge is 0.191 e. The zero-order chi connectivity index (χ0) is 18.1. The van der Waals surface area contributed by atoms with Crippen LogP contribution in [0.25, 0.3) is 0 Å². The number of hydrogen-bond donors (Lipinski definition) is 2. The van der Waals surface area contributed by atoms with Gasteiger partial charge in [-0.1, -0.05) is 12.1 Å². The summed E-state index contributed by atoms with van der Waals surface area (Å²) in [6.07, 6.45) is 1.78. The summed E-state index contributed by atoms with van der Waals surface area (Å²) in [7, 11) is 3.47. The van der Waals surface area contributed by atoms with E-state index >= 15 is 0 Å². The van der Waals surface area contributed by atoms with Crippen LogP contribution in [0, 0.1) is 6.92 Å². The van der Waals surface area contributed by atoms with Crippen molar-refractivity contribution in [2.75, 3.05) is 40.5 Å². The van der Waals surface area contributed by atoms with E-state index in [2.05, 4.69) is 36.6 Å². The first-order valence-corrected chi connectivity index (χ1v) is 8.91. The van der Waals surface area contributed by atoms with E-state index < -0.39 is 0 Å². The maximum absolute atomic E-state index is 5.77. The monoisotopic (exact) mass is 477 g/mol. The minimum atomic E-state index is -0.185. The Morgan fingerprint density at radius 2 is 1.96 bits per heavy atom. The minimum absolute atomic E-state index is 0. The van der Waals surface area contributed by atoms with Crippen LogP contribution in [-0.4, -0.2) is 52.1 Å². The summed E-state index contributed by atoms with van der Waals surface area (Å²) in [6, 6.07) is 6.18. The molecule has 0 atom stereocenters. The van der Waals surface area contributed by atoms with Crippen LogP contribution in [0.4, 0.5) is 0 Å². The van der Waals surface area contributed by atoms with E-state index in [0.29, 0.717) is 13.1 Å². The van der Waals surface area contributed by atoms with E-state index in [0.717, 1.165) is 49.9 Å². The molecule has 1 fully saturated rings. The molecular formula is C19H32IN3O3. The highest BCUT2D eigenvalue weighted by Gasteiger charge is 2.32. The van der Waals surface area contributed by atoms with E-state index in [-0.39, 0.29) is 29.6 Å². The van der Waals surface area contributed by atoms with Crippen LogP contribution in [0.3, 0.4) is 0 Å². The number of methoxy groups -OCH3 is 2. The molecule has 0 aromatic heterocycles. The Bertz CT molecular complexity index is 575. The van der Waals surface area contributed by atoms with E-state index in [9.17, 15) is 0 Å². The molecule has 0 aliphatic carbocycles. The van der Waals surface area contributed by atoms with Crippen LogP contribution in [0.2, 0.25) is 0 Å². The van der Waals surface area contributed by atoms with Crippen LogP contribution >= 0.6 is 24.0 Å². The summed E-state index contributed by atoms with van der Waals surface area (Å²) in [5.41, 5.74) is 2.06. The molecule has 0 spiro atoms. The Balaban J connectivity index is 0.00000338. The Labute approximate surface area is 174 Å². The molecule has 0 saturated carbocycles. The third-order valence-electron chi connectivity index (χ3n) is 4.61. The fourth-order valence-corrected chi connectivity index (χ4v) is 2.93. The molecule has 1 aromatic rings. The van der Waals surface area contributed by atoms with E-state index in [1.54, 1.807) is 14.2 Å². The van der Waals surface area contributed by atoms with Gasteiger partial charge in [-0.15, -0.1) is 24.0 Å². The summed E-state index contributed by atoms with van der Waals surface area (Å²) in [5.74, 6) is 1.66. The lowest BCUT2D eigenvalue weighted by Crippen LogP contribution is -2.50. The molecule has 0 bridgehead atoms. The number of nitrogens with one attached hydrogen (secondary N) is 2. The zero-order valence-corrected chi connectivity index (χ0v) is 18.6. The summed E-state index contributed by atoms with van der Waals surface area (Å²) in [5, 5.41) is 6.71. The topological polar surface area (TPSA) is 64.1 Å². The van der Waals surface area contributed by atoms with Crippen LogP contribution < -0.4 is 15.4 Å². The highest BCUT2D eigenvalue weighted by molar-refractivity contribution is 14.0. The van der Waals surface area contributed by atoms with E-state index in [1.165, 1.54) is 5.56 Å². The molecule has 1 aliphatic heterocycles. The van der Waals surface area contributed by atoms with E-state index in [1.807, 2.05) is 6.07 Å². The van der Waals surface area contributed by atoms with Gasteiger partial charge in [-0.25, -0.2) is 4.99 Å². The summed E-state index contributed by atoms with van der Waals surface area (Å²) >= 11 is 0. The predicted octanol–water partition coefficient (Wildman–Crippen LogP) is 2.87. The lowest BCUT2D eigenvalue weighted by Gasteiger charge is -2.36. The average molecular weight is 477 g/mol. The molecule has 1 aliphatic rings. The molecule has 0 unspecified atom stereocenters. The van der Waals surface area contributed by atoms with Crippen molar-refractivity contribution in [1.29, 1.82) is 0 Å². The van der Waals surface area contributed by atoms with Crippen molar-refractivity contribution in [3.8, 4) is 5.75 Å². The van der Waals surface area contributed by atoms with Gasteiger partial charge in [0.2, 0.25) is 0 Å². The first kappa shape index (κ1) is 23.0. The van der Waals surface area contributed by atoms with Crippen LogP contribution in [0.5, 0.6) is 5.75 Å². The number of ether oxygens (including phenoxy) is 3. The van der Waals surface area contributed by atoms with E-state index in [4.69, 9.17) is 19.2 Å². The van der Waals surface area contributed by atoms with Gasteiger partial charge in [0.15, 0.2) is 5.96 Å². The second-order valence-electron chi connectivity index (χ2n) is 6.36. The van der Waals surface area contributed by atoms with Crippen LogP contribution in [-0.2, 0) is 16.0 Å². The van der Waals surface area contributed by atoms with Gasteiger partial charge in [0, 0.05) is 51.8 Å². The predicted molar refractivity (Wildman–Crippen MR) is 116 cm³/mol. The number of aryl methyl sites for hydroxylation is 1. The molecule has 1 saturated heterocycles. The first-order chi connectivity index (χ1) is 12.1. The molecule has 2 N–H and O–H groups in total. The third kappa shape index (κ3) is 6.59. The molecule has 0 radical (unpaired) electrons. The fraction of sp³-hybridized carbons (Fsp3) is 0.632. The van der Waals surface area contributed by atoms with Crippen molar-refractivity contribution in [3.63, 3.8) is 0 Å². The Morgan fingerprint density at radius 1 is 1.23 bits per heavy atom. The molecular weight excluding hydrogens is 445 g/mol. The molecule has 148 valence electrons. The maximum atomic E-state index is 5.77. The molecule has 6 nitrogen and oxygen atoms in total. The highest BCUT2D eigenvalue weighted by Crippen LogP contribution is 2.23. The Morgan fingerprint density at radius 3 is 2.58 bits per heavy atom. The Kier molecular flexibility index (Phi) is 10.3. The maximum Gasteiger partial charge on any atom is 0.191 e. The number of guanidine groups is 1. The van der Waals surface area contributed by atoms with Gasteiger partial charge < -0.3 is 24.8 Å². The van der Waals surface area contributed by atoms with Crippen LogP contribution in [0.15, 0.2) is 23.2 Å². The highest BCUT2D eigenvalue weighted by atomic mass is 127. The summed E-state index contributed by atoms with van der Waals surface area (Å²) in [6.45, 7) is 7.67. The molecule has 26 heavy (non-hydrogen) atoms. The quantitative estimate of drug-likeness (QED) is 0.359. The number of halogens is 1. The second kappa shape index (κ2) is 11.6. The molecule has 0 amide bonds. The Hall–Kier alpha value is -1.06. The number of aliphatic imine (C=N–C) groups is 1. The number of rotatable bonds is 7. The molecule has 1 aromatic carbocycles. The number of nitrogens with zero attached hydrogens (tertiary/aromatic N) is 1. The summed E-state index contributed by atoms with van der Waals surface area (Å²) < 4.78 is 16.7. The lowest BCUT2D eigenvalue weighted by molar-refractivity contribution is -0.0855. The zero-order valence-electron chi connectivity index (χ0n) is 16.3. The number of benzene rings is 1. The van der Waals surface area contributed by atoms with Gasteiger partial charge in [0.25, 0.3) is 0 Å². The van der Waals surface area contributed by atoms with Crippen LogP contribution in [0.1, 0.15) is 30.9 Å². The van der Waals surface area contributed by atoms with Gasteiger partial charge in [-0.2, -0.15) is 0 Å². The summed E-state index contributed by atoms with van der Waals surface area (Å²) in [4.78, 5) is 4.70. The van der Waals surface area contributed by atoms with Crippen molar-refractivity contribution in [2.45, 2.75) is 38.8 Å². The first-order valence-electron chi connectivity index (χ1n) is 8.91. The van der Waals surface area contributed by atoms with Crippen molar-refractivity contribution < 1.29 is 14.2 Å². The van der Waals surface area contributed by atoms with Gasteiger partial charge in [-0.3, -0.25) is 0 Å². The van der Waals surface area contributed by atoms with Gasteiger partial charge in [-0.05, 0) is 25.5 Å². The van der Waals surface area contributed by atoms with Crippen molar-refractivity contribution in [3.05, 3.63) is 29.3 Å². The van der Waals surface area contributed by atoms with Crippen molar-refractivity contribution >= 4 is 29.9 Å². The third-order valence-corrected chi connectivity index (χ3v) is 4.61. The van der Waals surface area contributed by atoms with Gasteiger partial charge >= 0.3 is 0 Å². The minimum Gasteiger partial charge on any atom is -0.496 e. The lowest BCUT2D eigenvalue weighted by atomic mass is 9.94.